The van der Waals surface area contributed by atoms with Crippen molar-refractivity contribution in [3.63, 3.8) is 0 Å². The van der Waals surface area contributed by atoms with Crippen LogP contribution in [-0.2, 0) is 6.42 Å². The van der Waals surface area contributed by atoms with Crippen LogP contribution in [0.15, 0.2) is 18.2 Å². The predicted octanol–water partition coefficient (Wildman–Crippen LogP) is 4.08. The molecule has 0 unspecified atom stereocenters. The second-order valence-corrected chi connectivity index (χ2v) is 5.31. The lowest BCUT2D eigenvalue weighted by molar-refractivity contribution is 0.427. The number of thiophene rings is 1. The minimum absolute atomic E-state index is 0.990. The Labute approximate surface area is 101 Å². The fourth-order valence-electron chi connectivity index (χ4n) is 1.45. The maximum atomic E-state index is 5.23. The summed E-state index contributed by atoms with van der Waals surface area (Å²) >= 11 is 4.10. The maximum absolute atomic E-state index is 5.23. The molecule has 0 radical (unpaired) electrons. The topological polar surface area (TPSA) is 9.23 Å². The molecule has 0 aliphatic heterocycles. The van der Waals surface area contributed by atoms with Crippen LogP contribution in [0.5, 0.6) is 5.06 Å². The Kier molecular flexibility index (Phi) is 2.97. The van der Waals surface area contributed by atoms with E-state index in [-0.39, 0.29) is 0 Å². The van der Waals surface area contributed by atoms with E-state index < -0.39 is 0 Å². The number of fused-ring (bicyclic) bond motifs is 1. The highest BCUT2D eigenvalue weighted by molar-refractivity contribution is 14.1. The van der Waals surface area contributed by atoms with Gasteiger partial charge >= 0.3 is 0 Å². The first-order chi connectivity index (χ1) is 6.74. The first-order valence-corrected chi connectivity index (χ1v) is 6.40. The summed E-state index contributed by atoms with van der Waals surface area (Å²) in [5.74, 6) is 0. The molecule has 1 aromatic heterocycles. The molecule has 2 aromatic rings. The van der Waals surface area contributed by atoms with E-state index >= 15 is 0 Å². The van der Waals surface area contributed by atoms with E-state index in [9.17, 15) is 0 Å². The largest absolute Gasteiger partial charge is 0.487 e. The van der Waals surface area contributed by atoms with Crippen molar-refractivity contribution in [1.82, 2.24) is 0 Å². The van der Waals surface area contributed by atoms with Crippen LogP contribution in [0, 0.1) is 3.57 Å². The quantitative estimate of drug-likeness (QED) is 0.758. The Hall–Kier alpha value is -0.290. The summed E-state index contributed by atoms with van der Waals surface area (Å²) in [6, 6.07) is 6.60. The van der Waals surface area contributed by atoms with Crippen LogP contribution in [0.25, 0.3) is 10.1 Å². The van der Waals surface area contributed by atoms with Crippen LogP contribution < -0.4 is 4.74 Å². The van der Waals surface area contributed by atoms with Crippen molar-refractivity contribution in [3.8, 4) is 5.06 Å². The molecule has 0 spiro atoms. The van der Waals surface area contributed by atoms with Gasteiger partial charge in [-0.3, -0.25) is 0 Å². The number of rotatable bonds is 2. The second kappa shape index (κ2) is 4.06. The van der Waals surface area contributed by atoms with Gasteiger partial charge in [0.1, 0.15) is 0 Å². The maximum Gasteiger partial charge on any atom is 0.174 e. The number of hydrogen-bond acceptors (Lipinski definition) is 2. The molecule has 0 aliphatic rings. The van der Waals surface area contributed by atoms with E-state index in [0.29, 0.717) is 0 Å². The lowest BCUT2D eigenvalue weighted by Crippen LogP contribution is -1.83. The average Bonchev–Trinajstić information content (AvgIpc) is 2.58. The van der Waals surface area contributed by atoms with Gasteiger partial charge in [0, 0.05) is 8.27 Å². The Morgan fingerprint density at radius 2 is 2.14 bits per heavy atom. The van der Waals surface area contributed by atoms with Crippen LogP contribution in [0.2, 0.25) is 0 Å². The molecule has 3 heteroatoms. The van der Waals surface area contributed by atoms with E-state index in [2.05, 4.69) is 47.7 Å². The molecule has 74 valence electrons. The summed E-state index contributed by atoms with van der Waals surface area (Å²) in [7, 11) is 1.72. The van der Waals surface area contributed by atoms with Crippen molar-refractivity contribution in [2.24, 2.45) is 0 Å². The number of aryl methyl sites for hydroxylation is 1. The van der Waals surface area contributed by atoms with Crippen LogP contribution in [0.3, 0.4) is 0 Å². The monoisotopic (exact) mass is 318 g/mol. The smallest absolute Gasteiger partial charge is 0.174 e. The van der Waals surface area contributed by atoms with Gasteiger partial charge in [-0.1, -0.05) is 18.3 Å². The molecule has 0 saturated carbocycles. The van der Waals surface area contributed by atoms with Gasteiger partial charge < -0.3 is 4.74 Å². The number of benzene rings is 1. The van der Waals surface area contributed by atoms with E-state index in [1.807, 2.05) is 0 Å². The van der Waals surface area contributed by atoms with E-state index in [4.69, 9.17) is 4.74 Å². The van der Waals surface area contributed by atoms with Gasteiger partial charge in [-0.25, -0.2) is 0 Å². The molecular weight excluding hydrogens is 307 g/mol. The van der Waals surface area contributed by atoms with Crippen molar-refractivity contribution < 1.29 is 4.74 Å². The Bertz CT molecular complexity index is 462. The minimum atomic E-state index is 0.990. The summed E-state index contributed by atoms with van der Waals surface area (Å²) in [5, 5.41) is 2.28. The third-order valence-electron chi connectivity index (χ3n) is 2.24. The fourth-order valence-corrected chi connectivity index (χ4v) is 3.24. The lowest BCUT2D eigenvalue weighted by Gasteiger charge is -2.00. The Balaban J connectivity index is 2.64. The number of halogens is 1. The zero-order valence-corrected chi connectivity index (χ0v) is 11.1. The Morgan fingerprint density at radius 1 is 1.36 bits per heavy atom. The van der Waals surface area contributed by atoms with E-state index in [1.165, 1.54) is 19.2 Å². The third kappa shape index (κ3) is 1.75. The molecule has 1 aromatic carbocycles. The molecule has 0 aliphatic carbocycles. The van der Waals surface area contributed by atoms with Gasteiger partial charge in [0.25, 0.3) is 0 Å². The highest BCUT2D eigenvalue weighted by atomic mass is 127. The van der Waals surface area contributed by atoms with Crippen molar-refractivity contribution in [2.45, 2.75) is 13.3 Å². The predicted molar refractivity (Wildman–Crippen MR) is 70.5 cm³/mol. The van der Waals surface area contributed by atoms with Crippen molar-refractivity contribution in [2.75, 3.05) is 7.11 Å². The standard InChI is InChI=1S/C11H11IOS/c1-3-7-5-10-8(4-9(7)12)6-11(13-2)14-10/h4-6H,3H2,1-2H3. The molecule has 0 N–H and O–H groups in total. The van der Waals surface area contributed by atoms with Gasteiger partial charge in [0.2, 0.25) is 0 Å². The molecule has 1 heterocycles. The van der Waals surface area contributed by atoms with Gasteiger partial charge in [-0.05, 0) is 58.2 Å². The molecule has 0 saturated heterocycles. The summed E-state index contributed by atoms with van der Waals surface area (Å²) < 4.78 is 7.89. The lowest BCUT2D eigenvalue weighted by atomic mass is 10.1. The molecule has 1 nitrogen and oxygen atoms in total. The highest BCUT2D eigenvalue weighted by Gasteiger charge is 2.05. The van der Waals surface area contributed by atoms with Gasteiger partial charge in [0.05, 0.1) is 7.11 Å². The third-order valence-corrected chi connectivity index (χ3v) is 4.31. The summed E-state index contributed by atoms with van der Waals surface area (Å²) in [4.78, 5) is 0. The van der Waals surface area contributed by atoms with Crippen LogP contribution >= 0.6 is 33.9 Å². The van der Waals surface area contributed by atoms with E-state index in [1.54, 1.807) is 18.4 Å². The second-order valence-electron chi connectivity index (χ2n) is 3.10. The van der Waals surface area contributed by atoms with Crippen molar-refractivity contribution in [1.29, 1.82) is 0 Å². The first kappa shape index (κ1) is 10.2. The van der Waals surface area contributed by atoms with Gasteiger partial charge in [0.15, 0.2) is 5.06 Å². The van der Waals surface area contributed by atoms with Crippen LogP contribution in [0.1, 0.15) is 12.5 Å². The zero-order valence-electron chi connectivity index (χ0n) is 8.13. The van der Waals surface area contributed by atoms with E-state index in [0.717, 1.165) is 11.5 Å². The SMILES string of the molecule is CCc1cc2sc(OC)cc2cc1I. The zero-order chi connectivity index (χ0) is 10.1. The minimum Gasteiger partial charge on any atom is -0.487 e. The van der Waals surface area contributed by atoms with Gasteiger partial charge in [-0.2, -0.15) is 0 Å². The molecule has 14 heavy (non-hydrogen) atoms. The van der Waals surface area contributed by atoms with Crippen molar-refractivity contribution in [3.05, 3.63) is 27.3 Å². The molecule has 0 atom stereocenters. The van der Waals surface area contributed by atoms with Crippen LogP contribution in [0.4, 0.5) is 0 Å². The normalized spacial score (nSPS) is 10.8. The highest BCUT2D eigenvalue weighted by Crippen LogP contribution is 2.33. The summed E-state index contributed by atoms with van der Waals surface area (Å²) in [5.41, 5.74) is 1.42. The number of methoxy groups -OCH3 is 1. The van der Waals surface area contributed by atoms with Crippen LogP contribution in [-0.4, -0.2) is 7.11 Å². The number of ether oxygens (including phenoxy) is 1. The first-order valence-electron chi connectivity index (χ1n) is 4.50. The molecular formula is C11H11IOS. The Morgan fingerprint density at radius 3 is 2.79 bits per heavy atom. The molecule has 2 rings (SSSR count). The summed E-state index contributed by atoms with van der Waals surface area (Å²) in [6.45, 7) is 2.19. The molecule has 0 amide bonds. The average molecular weight is 318 g/mol. The molecule has 0 bridgehead atoms. The molecule has 0 fully saturated rings. The number of hydrogen-bond donors (Lipinski definition) is 0. The van der Waals surface area contributed by atoms with Gasteiger partial charge in [-0.15, -0.1) is 0 Å². The fraction of sp³-hybridized carbons (Fsp3) is 0.273. The summed E-state index contributed by atoms with van der Waals surface area (Å²) in [6.07, 6.45) is 1.09. The van der Waals surface area contributed by atoms with Crippen molar-refractivity contribution >= 4 is 44.0 Å².